The van der Waals surface area contributed by atoms with Gasteiger partial charge in [-0.1, -0.05) is 12.1 Å². The van der Waals surface area contributed by atoms with Crippen molar-refractivity contribution in [2.45, 2.75) is 20.0 Å². The van der Waals surface area contributed by atoms with Gasteiger partial charge in [0.1, 0.15) is 24.2 Å². The average Bonchev–Trinajstić information content (AvgIpc) is 2.70. The topological polar surface area (TPSA) is 45.2 Å². The second kappa shape index (κ2) is 9.11. The summed E-state index contributed by atoms with van der Waals surface area (Å²) in [7, 11) is 1.68. The number of aliphatic hydroxyl groups excluding tert-OH is 1. The molecule has 2 aromatic rings. The Hall–Kier alpha value is -2.24. The SMILES string of the molecule is COc1ccc(N2CCN(CC(O)COc3cccc(C)c3C)CC2)cc1. The smallest absolute Gasteiger partial charge is 0.122 e. The molecule has 5 nitrogen and oxygen atoms in total. The van der Waals surface area contributed by atoms with E-state index in [0.717, 1.165) is 43.2 Å². The molecular weight excluding hydrogens is 340 g/mol. The van der Waals surface area contributed by atoms with Gasteiger partial charge in [-0.05, 0) is 55.3 Å². The molecule has 1 saturated heterocycles. The van der Waals surface area contributed by atoms with Crippen LogP contribution >= 0.6 is 0 Å². The fourth-order valence-electron chi connectivity index (χ4n) is 3.40. The fraction of sp³-hybridized carbons (Fsp3) is 0.455. The third-order valence-corrected chi connectivity index (χ3v) is 5.26. The number of rotatable bonds is 7. The van der Waals surface area contributed by atoms with E-state index in [1.165, 1.54) is 11.3 Å². The van der Waals surface area contributed by atoms with Crippen molar-refractivity contribution in [3.63, 3.8) is 0 Å². The van der Waals surface area contributed by atoms with Crippen molar-refractivity contribution in [2.24, 2.45) is 0 Å². The van der Waals surface area contributed by atoms with Crippen LogP contribution in [0.4, 0.5) is 5.69 Å². The third-order valence-electron chi connectivity index (χ3n) is 5.26. The number of aryl methyl sites for hydroxylation is 1. The molecule has 3 rings (SSSR count). The zero-order chi connectivity index (χ0) is 19.2. The molecule has 146 valence electrons. The lowest BCUT2D eigenvalue weighted by Gasteiger charge is -2.36. The maximum atomic E-state index is 10.4. The number of hydrogen-bond donors (Lipinski definition) is 1. The second-order valence-corrected chi connectivity index (χ2v) is 7.15. The molecule has 1 unspecified atom stereocenters. The molecule has 0 spiro atoms. The third kappa shape index (κ3) is 5.15. The number of β-amino-alcohol motifs (C(OH)–C–C–N with tert-alkyl or cyclic N) is 1. The number of ether oxygens (including phenoxy) is 2. The predicted octanol–water partition coefficient (Wildman–Crippen LogP) is 2.87. The van der Waals surface area contributed by atoms with E-state index < -0.39 is 6.10 Å². The Balaban J connectivity index is 1.43. The average molecular weight is 370 g/mol. The van der Waals surface area contributed by atoms with Crippen LogP contribution in [0.3, 0.4) is 0 Å². The van der Waals surface area contributed by atoms with E-state index in [1.807, 2.05) is 24.3 Å². The van der Waals surface area contributed by atoms with Crippen LogP contribution in [0.5, 0.6) is 11.5 Å². The van der Waals surface area contributed by atoms with Gasteiger partial charge in [0.05, 0.1) is 7.11 Å². The molecule has 27 heavy (non-hydrogen) atoms. The predicted molar refractivity (Wildman–Crippen MR) is 109 cm³/mol. The summed E-state index contributed by atoms with van der Waals surface area (Å²) < 4.78 is 11.1. The van der Waals surface area contributed by atoms with Gasteiger partial charge in [0.15, 0.2) is 0 Å². The molecule has 1 heterocycles. The number of nitrogens with zero attached hydrogens (tertiary/aromatic N) is 2. The van der Waals surface area contributed by atoms with Crippen molar-refractivity contribution in [1.82, 2.24) is 4.90 Å². The van der Waals surface area contributed by atoms with E-state index in [2.05, 4.69) is 41.8 Å². The van der Waals surface area contributed by atoms with Gasteiger partial charge in [0, 0.05) is 38.4 Å². The van der Waals surface area contributed by atoms with Crippen molar-refractivity contribution < 1.29 is 14.6 Å². The van der Waals surface area contributed by atoms with E-state index in [0.29, 0.717) is 13.2 Å². The number of benzene rings is 2. The quantitative estimate of drug-likeness (QED) is 0.812. The summed E-state index contributed by atoms with van der Waals surface area (Å²) in [4.78, 5) is 4.67. The molecule has 1 fully saturated rings. The Morgan fingerprint density at radius 3 is 2.37 bits per heavy atom. The first-order valence-corrected chi connectivity index (χ1v) is 9.55. The lowest BCUT2D eigenvalue weighted by Crippen LogP contribution is -2.49. The van der Waals surface area contributed by atoms with E-state index in [-0.39, 0.29) is 0 Å². The van der Waals surface area contributed by atoms with Crippen LogP contribution in [0.1, 0.15) is 11.1 Å². The molecule has 5 heteroatoms. The maximum absolute atomic E-state index is 10.4. The van der Waals surface area contributed by atoms with Crippen molar-refractivity contribution in [3.05, 3.63) is 53.6 Å². The minimum absolute atomic E-state index is 0.322. The molecule has 0 aromatic heterocycles. The minimum atomic E-state index is -0.488. The highest BCUT2D eigenvalue weighted by Gasteiger charge is 2.20. The zero-order valence-electron chi connectivity index (χ0n) is 16.5. The largest absolute Gasteiger partial charge is 0.497 e. The van der Waals surface area contributed by atoms with Crippen molar-refractivity contribution >= 4 is 5.69 Å². The molecule has 0 saturated carbocycles. The van der Waals surface area contributed by atoms with Crippen LogP contribution in [-0.2, 0) is 0 Å². The Morgan fingerprint density at radius 2 is 1.70 bits per heavy atom. The monoisotopic (exact) mass is 370 g/mol. The highest BCUT2D eigenvalue weighted by molar-refractivity contribution is 5.49. The van der Waals surface area contributed by atoms with Gasteiger partial charge in [-0.2, -0.15) is 0 Å². The standard InChI is InChI=1S/C22H30N2O3/c1-17-5-4-6-22(18(17)2)27-16-20(25)15-23-11-13-24(14-12-23)19-7-9-21(26-3)10-8-19/h4-10,20,25H,11-16H2,1-3H3. The molecule has 0 aliphatic carbocycles. The zero-order valence-corrected chi connectivity index (χ0v) is 16.5. The first-order chi connectivity index (χ1) is 13.1. The van der Waals surface area contributed by atoms with Gasteiger partial charge < -0.3 is 19.5 Å². The summed E-state index contributed by atoms with van der Waals surface area (Å²) >= 11 is 0. The lowest BCUT2D eigenvalue weighted by molar-refractivity contribution is 0.0660. The van der Waals surface area contributed by atoms with E-state index >= 15 is 0 Å². The van der Waals surface area contributed by atoms with E-state index in [9.17, 15) is 5.11 Å². The summed E-state index contributed by atoms with van der Waals surface area (Å²) in [5, 5.41) is 10.4. The van der Waals surface area contributed by atoms with Gasteiger partial charge in [0.25, 0.3) is 0 Å². The first kappa shape index (κ1) is 19.5. The molecular formula is C22H30N2O3. The van der Waals surface area contributed by atoms with Gasteiger partial charge in [-0.15, -0.1) is 0 Å². The van der Waals surface area contributed by atoms with E-state index in [1.54, 1.807) is 7.11 Å². The fourth-order valence-corrected chi connectivity index (χ4v) is 3.40. The van der Waals surface area contributed by atoms with Gasteiger partial charge in [0.2, 0.25) is 0 Å². The minimum Gasteiger partial charge on any atom is -0.497 e. The molecule has 1 aliphatic heterocycles. The van der Waals surface area contributed by atoms with Crippen LogP contribution in [0, 0.1) is 13.8 Å². The summed E-state index contributed by atoms with van der Waals surface area (Å²) in [6.45, 7) is 8.87. The Kier molecular flexibility index (Phi) is 6.58. The molecule has 0 amide bonds. The van der Waals surface area contributed by atoms with Crippen molar-refractivity contribution in [3.8, 4) is 11.5 Å². The van der Waals surface area contributed by atoms with Crippen LogP contribution in [0.25, 0.3) is 0 Å². The Bertz CT molecular complexity index is 725. The number of piperazine rings is 1. The molecule has 0 radical (unpaired) electrons. The summed E-state index contributed by atoms with van der Waals surface area (Å²) in [6, 6.07) is 14.2. The summed E-state index contributed by atoms with van der Waals surface area (Å²) in [5.41, 5.74) is 3.56. The second-order valence-electron chi connectivity index (χ2n) is 7.15. The Labute approximate surface area is 162 Å². The van der Waals surface area contributed by atoms with Crippen LogP contribution in [-0.4, -0.2) is 62.6 Å². The number of methoxy groups -OCH3 is 1. The molecule has 0 bridgehead atoms. The van der Waals surface area contributed by atoms with Gasteiger partial charge in [-0.25, -0.2) is 0 Å². The van der Waals surface area contributed by atoms with E-state index in [4.69, 9.17) is 9.47 Å². The summed E-state index contributed by atoms with van der Waals surface area (Å²) in [5.74, 6) is 1.74. The molecule has 1 aliphatic rings. The normalized spacial score (nSPS) is 16.2. The number of aliphatic hydroxyl groups is 1. The molecule has 1 atom stereocenters. The summed E-state index contributed by atoms with van der Waals surface area (Å²) in [6.07, 6.45) is -0.488. The Morgan fingerprint density at radius 1 is 1.00 bits per heavy atom. The van der Waals surface area contributed by atoms with Gasteiger partial charge >= 0.3 is 0 Å². The van der Waals surface area contributed by atoms with Crippen molar-refractivity contribution in [2.75, 3.05) is 51.3 Å². The van der Waals surface area contributed by atoms with Crippen LogP contribution < -0.4 is 14.4 Å². The van der Waals surface area contributed by atoms with Crippen LogP contribution in [0.15, 0.2) is 42.5 Å². The highest BCUT2D eigenvalue weighted by Crippen LogP contribution is 2.22. The highest BCUT2D eigenvalue weighted by atomic mass is 16.5. The molecule has 1 N–H and O–H groups in total. The van der Waals surface area contributed by atoms with Gasteiger partial charge in [-0.3, -0.25) is 4.90 Å². The van der Waals surface area contributed by atoms with Crippen LogP contribution in [0.2, 0.25) is 0 Å². The maximum Gasteiger partial charge on any atom is 0.122 e. The van der Waals surface area contributed by atoms with Crippen molar-refractivity contribution in [1.29, 1.82) is 0 Å². The molecule has 2 aromatic carbocycles. The first-order valence-electron chi connectivity index (χ1n) is 9.55. The number of hydrogen-bond acceptors (Lipinski definition) is 5. The lowest BCUT2D eigenvalue weighted by atomic mass is 10.1. The number of anilines is 1.